The molecule has 2 heteroatoms. The van der Waals surface area contributed by atoms with Crippen LogP contribution in [0.25, 0.3) is 0 Å². The highest BCUT2D eigenvalue weighted by atomic mass is 16.1. The zero-order valence-electron chi connectivity index (χ0n) is 12.6. The van der Waals surface area contributed by atoms with Crippen LogP contribution in [0.3, 0.4) is 0 Å². The van der Waals surface area contributed by atoms with Crippen molar-refractivity contribution in [2.24, 2.45) is 0 Å². The van der Waals surface area contributed by atoms with E-state index in [1.165, 1.54) is 43.2 Å². The summed E-state index contributed by atoms with van der Waals surface area (Å²) in [6.07, 6.45) is 7.51. The highest BCUT2D eigenvalue weighted by molar-refractivity contribution is 5.94. The number of nitrogens with one attached hydrogen (secondary N) is 1. The molecule has 0 aromatic heterocycles. The van der Waals surface area contributed by atoms with E-state index >= 15 is 0 Å². The van der Waals surface area contributed by atoms with E-state index in [0.29, 0.717) is 0 Å². The second kappa shape index (κ2) is 8.73. The fourth-order valence-electron chi connectivity index (χ4n) is 2.09. The predicted octanol–water partition coefficient (Wildman–Crippen LogP) is 4.39. The molecule has 1 aromatic rings. The first-order valence-electron chi connectivity index (χ1n) is 7.50. The number of amides is 1. The third-order valence-electron chi connectivity index (χ3n) is 3.58. The Balaban J connectivity index is 2.22. The Morgan fingerprint density at radius 2 is 1.68 bits per heavy atom. The lowest BCUT2D eigenvalue weighted by Crippen LogP contribution is -2.24. The summed E-state index contributed by atoms with van der Waals surface area (Å²) < 4.78 is 0. The molecule has 2 nitrogen and oxygen atoms in total. The van der Waals surface area contributed by atoms with Gasteiger partial charge in [-0.25, -0.2) is 0 Å². The molecular weight excluding hydrogens is 234 g/mol. The summed E-state index contributed by atoms with van der Waals surface area (Å²) in [6, 6.07) is 5.87. The van der Waals surface area contributed by atoms with Crippen LogP contribution in [0, 0.1) is 13.8 Å². The van der Waals surface area contributed by atoms with Crippen LogP contribution in [-0.4, -0.2) is 12.5 Å². The third kappa shape index (κ3) is 5.91. The van der Waals surface area contributed by atoms with Gasteiger partial charge >= 0.3 is 0 Å². The number of aryl methyl sites for hydroxylation is 2. The van der Waals surface area contributed by atoms with Crippen LogP contribution in [0.2, 0.25) is 0 Å². The van der Waals surface area contributed by atoms with E-state index in [0.717, 1.165) is 18.5 Å². The molecule has 0 saturated carbocycles. The monoisotopic (exact) mass is 261 g/mol. The SMILES string of the molecule is CCCCCCCCNC(=O)c1ccc(C)c(C)c1. The van der Waals surface area contributed by atoms with Gasteiger partial charge in [0.05, 0.1) is 0 Å². The second-order valence-electron chi connectivity index (χ2n) is 5.32. The van der Waals surface area contributed by atoms with Crippen molar-refractivity contribution >= 4 is 5.91 Å². The number of carbonyl (C=O) groups excluding carboxylic acids is 1. The Kier molecular flexibility index (Phi) is 7.24. The predicted molar refractivity (Wildman–Crippen MR) is 81.6 cm³/mol. The molecule has 0 fully saturated rings. The molecule has 19 heavy (non-hydrogen) atoms. The molecule has 0 aliphatic rings. The van der Waals surface area contributed by atoms with Crippen molar-refractivity contribution < 1.29 is 4.79 Å². The van der Waals surface area contributed by atoms with Crippen LogP contribution >= 0.6 is 0 Å². The lowest BCUT2D eigenvalue weighted by molar-refractivity contribution is 0.0953. The average molecular weight is 261 g/mol. The Morgan fingerprint density at radius 3 is 2.37 bits per heavy atom. The quantitative estimate of drug-likeness (QED) is 0.691. The fraction of sp³-hybridized carbons (Fsp3) is 0.588. The van der Waals surface area contributed by atoms with Gasteiger partial charge in [0.1, 0.15) is 0 Å². The zero-order chi connectivity index (χ0) is 14.1. The number of hydrogen-bond acceptors (Lipinski definition) is 1. The largest absolute Gasteiger partial charge is 0.352 e. The molecule has 0 aliphatic carbocycles. The van der Waals surface area contributed by atoms with Crippen molar-refractivity contribution in [3.8, 4) is 0 Å². The maximum atomic E-state index is 11.9. The number of hydrogen-bond donors (Lipinski definition) is 1. The van der Waals surface area contributed by atoms with Gasteiger partial charge in [0.15, 0.2) is 0 Å². The van der Waals surface area contributed by atoms with E-state index in [-0.39, 0.29) is 5.91 Å². The van der Waals surface area contributed by atoms with Gasteiger partial charge in [0, 0.05) is 12.1 Å². The summed E-state index contributed by atoms with van der Waals surface area (Å²) in [6.45, 7) is 7.12. The topological polar surface area (TPSA) is 29.1 Å². The molecule has 0 unspecified atom stereocenters. The van der Waals surface area contributed by atoms with Crippen LogP contribution < -0.4 is 5.32 Å². The molecule has 0 saturated heterocycles. The van der Waals surface area contributed by atoms with Gasteiger partial charge in [0.2, 0.25) is 0 Å². The van der Waals surface area contributed by atoms with E-state index in [1.54, 1.807) is 0 Å². The van der Waals surface area contributed by atoms with E-state index in [4.69, 9.17) is 0 Å². The molecule has 0 atom stereocenters. The van der Waals surface area contributed by atoms with Crippen molar-refractivity contribution in [3.63, 3.8) is 0 Å². The molecule has 1 rings (SSSR count). The van der Waals surface area contributed by atoms with Gasteiger partial charge in [-0.15, -0.1) is 0 Å². The van der Waals surface area contributed by atoms with Gasteiger partial charge in [-0.1, -0.05) is 45.1 Å². The Labute approximate surface area is 117 Å². The molecule has 0 radical (unpaired) electrons. The van der Waals surface area contributed by atoms with Crippen LogP contribution in [0.15, 0.2) is 18.2 Å². The standard InChI is InChI=1S/C17H27NO/c1-4-5-6-7-8-9-12-18-17(19)16-11-10-14(2)15(3)13-16/h10-11,13H,4-9,12H2,1-3H3,(H,18,19). The Bertz CT molecular complexity index is 398. The van der Waals surface area contributed by atoms with Gasteiger partial charge in [-0.2, -0.15) is 0 Å². The molecule has 106 valence electrons. The number of carbonyl (C=O) groups is 1. The van der Waals surface area contributed by atoms with Crippen LogP contribution in [0.1, 0.15) is 66.9 Å². The fourth-order valence-corrected chi connectivity index (χ4v) is 2.09. The maximum absolute atomic E-state index is 11.9. The first-order chi connectivity index (χ1) is 9.15. The van der Waals surface area contributed by atoms with Gasteiger partial charge < -0.3 is 5.32 Å². The zero-order valence-corrected chi connectivity index (χ0v) is 12.6. The molecule has 0 spiro atoms. The molecule has 1 N–H and O–H groups in total. The number of rotatable bonds is 8. The van der Waals surface area contributed by atoms with Crippen molar-refractivity contribution in [3.05, 3.63) is 34.9 Å². The molecule has 0 bridgehead atoms. The molecule has 1 aromatic carbocycles. The molecular formula is C17H27NO. The van der Waals surface area contributed by atoms with Crippen molar-refractivity contribution in [2.45, 2.75) is 59.3 Å². The number of benzene rings is 1. The van der Waals surface area contributed by atoms with Crippen molar-refractivity contribution in [1.82, 2.24) is 5.32 Å². The maximum Gasteiger partial charge on any atom is 0.251 e. The Morgan fingerprint density at radius 1 is 1.00 bits per heavy atom. The normalized spacial score (nSPS) is 10.5. The molecule has 1 amide bonds. The lowest BCUT2D eigenvalue weighted by Gasteiger charge is -2.07. The summed E-state index contributed by atoms with van der Waals surface area (Å²) in [4.78, 5) is 11.9. The van der Waals surface area contributed by atoms with Crippen molar-refractivity contribution in [1.29, 1.82) is 0 Å². The van der Waals surface area contributed by atoms with Crippen molar-refractivity contribution in [2.75, 3.05) is 6.54 Å². The van der Waals surface area contributed by atoms with E-state index in [2.05, 4.69) is 19.2 Å². The second-order valence-corrected chi connectivity index (χ2v) is 5.32. The summed E-state index contributed by atoms with van der Waals surface area (Å²) >= 11 is 0. The Hall–Kier alpha value is -1.31. The molecule has 0 heterocycles. The first kappa shape index (κ1) is 15.7. The third-order valence-corrected chi connectivity index (χ3v) is 3.58. The van der Waals surface area contributed by atoms with Gasteiger partial charge in [-0.3, -0.25) is 4.79 Å². The first-order valence-corrected chi connectivity index (χ1v) is 7.50. The van der Waals surface area contributed by atoms with Crippen LogP contribution in [0.5, 0.6) is 0 Å². The summed E-state index contributed by atoms with van der Waals surface area (Å²) in [5.74, 6) is 0.0525. The minimum atomic E-state index is 0.0525. The minimum absolute atomic E-state index is 0.0525. The summed E-state index contributed by atoms with van der Waals surface area (Å²) in [7, 11) is 0. The summed E-state index contributed by atoms with van der Waals surface area (Å²) in [5.41, 5.74) is 3.17. The number of unbranched alkanes of at least 4 members (excludes halogenated alkanes) is 5. The van der Waals surface area contributed by atoms with Crippen LogP contribution in [-0.2, 0) is 0 Å². The lowest BCUT2D eigenvalue weighted by atomic mass is 10.1. The smallest absolute Gasteiger partial charge is 0.251 e. The van der Waals surface area contributed by atoms with E-state index in [1.807, 2.05) is 25.1 Å². The van der Waals surface area contributed by atoms with E-state index in [9.17, 15) is 4.79 Å². The van der Waals surface area contributed by atoms with E-state index < -0.39 is 0 Å². The van der Waals surface area contributed by atoms with Crippen LogP contribution in [0.4, 0.5) is 0 Å². The summed E-state index contributed by atoms with van der Waals surface area (Å²) in [5, 5.41) is 3.00. The average Bonchev–Trinajstić information content (AvgIpc) is 2.40. The minimum Gasteiger partial charge on any atom is -0.352 e. The van der Waals surface area contributed by atoms with Gasteiger partial charge in [-0.05, 0) is 43.5 Å². The molecule has 0 aliphatic heterocycles. The van der Waals surface area contributed by atoms with Gasteiger partial charge in [0.25, 0.3) is 5.91 Å². The highest BCUT2D eigenvalue weighted by Crippen LogP contribution is 2.10. The highest BCUT2D eigenvalue weighted by Gasteiger charge is 2.05.